The van der Waals surface area contributed by atoms with E-state index in [0.29, 0.717) is 6.61 Å². The van der Waals surface area contributed by atoms with Crippen molar-refractivity contribution in [2.45, 2.75) is 70.3 Å². The summed E-state index contributed by atoms with van der Waals surface area (Å²) in [5.74, 6) is -0.0678. The van der Waals surface area contributed by atoms with Gasteiger partial charge < -0.3 is 10.1 Å². The molecule has 4 nitrogen and oxygen atoms in total. The van der Waals surface area contributed by atoms with Gasteiger partial charge in [0.1, 0.15) is 5.54 Å². The number of amides is 1. The van der Waals surface area contributed by atoms with Crippen LogP contribution in [-0.2, 0) is 14.3 Å². The molecule has 2 aliphatic rings. The van der Waals surface area contributed by atoms with Crippen LogP contribution in [0.15, 0.2) is 0 Å². The SMILES string of the molecule is CCOC(=O)C1(NC(=O)C2CCCC2)CCCCC1. The van der Waals surface area contributed by atoms with E-state index in [0.717, 1.165) is 57.8 Å². The molecule has 2 aliphatic carbocycles. The summed E-state index contributed by atoms with van der Waals surface area (Å²) in [6.07, 6.45) is 8.76. The highest BCUT2D eigenvalue weighted by molar-refractivity contribution is 5.89. The molecule has 19 heavy (non-hydrogen) atoms. The average molecular weight is 267 g/mol. The Labute approximate surface area is 115 Å². The summed E-state index contributed by atoms with van der Waals surface area (Å²) >= 11 is 0. The first-order valence-corrected chi connectivity index (χ1v) is 7.67. The molecule has 0 radical (unpaired) electrons. The van der Waals surface area contributed by atoms with E-state index >= 15 is 0 Å². The molecule has 0 bridgehead atoms. The van der Waals surface area contributed by atoms with Gasteiger partial charge in [-0.3, -0.25) is 4.79 Å². The number of esters is 1. The third kappa shape index (κ3) is 3.28. The number of ether oxygens (including phenoxy) is 1. The highest BCUT2D eigenvalue weighted by Crippen LogP contribution is 2.32. The molecule has 0 unspecified atom stereocenters. The molecule has 2 rings (SSSR count). The van der Waals surface area contributed by atoms with Gasteiger partial charge >= 0.3 is 5.97 Å². The maximum Gasteiger partial charge on any atom is 0.331 e. The molecule has 2 fully saturated rings. The molecule has 2 saturated carbocycles. The summed E-state index contributed by atoms with van der Waals surface area (Å²) < 4.78 is 5.19. The Kier molecular flexibility index (Phi) is 4.83. The Bertz CT molecular complexity index is 328. The van der Waals surface area contributed by atoms with Gasteiger partial charge in [-0.1, -0.05) is 32.1 Å². The average Bonchev–Trinajstić information content (AvgIpc) is 2.94. The Balaban J connectivity index is 2.04. The van der Waals surface area contributed by atoms with Gasteiger partial charge in [0.2, 0.25) is 5.91 Å². The second-order valence-electron chi connectivity index (χ2n) is 5.83. The molecule has 4 heteroatoms. The minimum atomic E-state index is -0.742. The van der Waals surface area contributed by atoms with E-state index in [4.69, 9.17) is 4.74 Å². The summed E-state index contributed by atoms with van der Waals surface area (Å²) in [6, 6.07) is 0. The van der Waals surface area contributed by atoms with E-state index in [9.17, 15) is 9.59 Å². The Morgan fingerprint density at radius 1 is 1.11 bits per heavy atom. The lowest BCUT2D eigenvalue weighted by atomic mass is 9.81. The zero-order chi connectivity index (χ0) is 13.7. The highest BCUT2D eigenvalue weighted by atomic mass is 16.5. The fourth-order valence-corrected chi connectivity index (χ4v) is 3.33. The molecule has 1 N–H and O–H groups in total. The lowest BCUT2D eigenvalue weighted by Crippen LogP contribution is -2.57. The van der Waals surface area contributed by atoms with Crippen molar-refractivity contribution in [3.8, 4) is 0 Å². The minimum Gasteiger partial charge on any atom is -0.464 e. The van der Waals surface area contributed by atoms with Crippen molar-refractivity contribution in [1.82, 2.24) is 5.32 Å². The lowest BCUT2D eigenvalue weighted by molar-refractivity contribution is -0.155. The van der Waals surface area contributed by atoms with E-state index in [-0.39, 0.29) is 17.8 Å². The molecular weight excluding hydrogens is 242 g/mol. The van der Waals surface area contributed by atoms with Crippen molar-refractivity contribution in [3.05, 3.63) is 0 Å². The van der Waals surface area contributed by atoms with Gasteiger partial charge in [-0.2, -0.15) is 0 Å². The molecule has 0 atom stereocenters. The van der Waals surface area contributed by atoms with E-state index in [2.05, 4.69) is 5.32 Å². The predicted octanol–water partition coefficient (Wildman–Crippen LogP) is 2.56. The van der Waals surface area contributed by atoms with Gasteiger partial charge in [0.25, 0.3) is 0 Å². The molecule has 0 heterocycles. The van der Waals surface area contributed by atoms with E-state index < -0.39 is 5.54 Å². The Hall–Kier alpha value is -1.06. The van der Waals surface area contributed by atoms with Crippen LogP contribution in [0.3, 0.4) is 0 Å². The molecule has 0 aliphatic heterocycles. The lowest BCUT2D eigenvalue weighted by Gasteiger charge is -2.36. The third-order valence-electron chi connectivity index (χ3n) is 4.46. The van der Waals surface area contributed by atoms with Crippen molar-refractivity contribution < 1.29 is 14.3 Å². The van der Waals surface area contributed by atoms with Crippen LogP contribution in [0.5, 0.6) is 0 Å². The van der Waals surface area contributed by atoms with Gasteiger partial charge in [0, 0.05) is 5.92 Å². The Morgan fingerprint density at radius 3 is 2.32 bits per heavy atom. The monoisotopic (exact) mass is 267 g/mol. The first-order chi connectivity index (χ1) is 9.18. The van der Waals surface area contributed by atoms with Crippen LogP contribution >= 0.6 is 0 Å². The fourth-order valence-electron chi connectivity index (χ4n) is 3.33. The van der Waals surface area contributed by atoms with Crippen LogP contribution in [0.4, 0.5) is 0 Å². The molecule has 0 aromatic carbocycles. The second-order valence-corrected chi connectivity index (χ2v) is 5.83. The molecule has 1 amide bonds. The molecule has 0 aromatic heterocycles. The standard InChI is InChI=1S/C15H25NO3/c1-2-19-14(18)15(10-6-3-7-11-15)16-13(17)12-8-4-5-9-12/h12H,2-11H2,1H3,(H,16,17). The zero-order valence-electron chi connectivity index (χ0n) is 11.9. The van der Waals surface area contributed by atoms with Crippen LogP contribution in [0.1, 0.15) is 64.7 Å². The molecular formula is C15H25NO3. The van der Waals surface area contributed by atoms with E-state index in [1.165, 1.54) is 0 Å². The van der Waals surface area contributed by atoms with Crippen molar-refractivity contribution in [3.63, 3.8) is 0 Å². The Morgan fingerprint density at radius 2 is 1.74 bits per heavy atom. The number of carbonyl (C=O) groups is 2. The van der Waals surface area contributed by atoms with Crippen LogP contribution in [0, 0.1) is 5.92 Å². The summed E-state index contributed by atoms with van der Waals surface area (Å²) in [6.45, 7) is 2.19. The maximum absolute atomic E-state index is 12.3. The first-order valence-electron chi connectivity index (χ1n) is 7.67. The number of hydrogen-bond acceptors (Lipinski definition) is 3. The largest absolute Gasteiger partial charge is 0.464 e. The molecule has 0 saturated heterocycles. The van der Waals surface area contributed by atoms with E-state index in [1.54, 1.807) is 0 Å². The van der Waals surface area contributed by atoms with Crippen molar-refractivity contribution in [2.75, 3.05) is 6.61 Å². The van der Waals surface area contributed by atoms with Crippen molar-refractivity contribution in [1.29, 1.82) is 0 Å². The van der Waals surface area contributed by atoms with E-state index in [1.807, 2.05) is 6.92 Å². The number of rotatable bonds is 4. The smallest absolute Gasteiger partial charge is 0.331 e. The normalized spacial score (nSPS) is 23.0. The van der Waals surface area contributed by atoms with Crippen molar-refractivity contribution in [2.24, 2.45) is 5.92 Å². The first kappa shape index (κ1) is 14.4. The van der Waals surface area contributed by atoms with Crippen LogP contribution < -0.4 is 5.32 Å². The summed E-state index contributed by atoms with van der Waals surface area (Å²) in [5.41, 5.74) is -0.742. The number of carbonyl (C=O) groups excluding carboxylic acids is 2. The second kappa shape index (κ2) is 6.40. The number of hydrogen-bond donors (Lipinski definition) is 1. The molecule has 0 spiro atoms. The van der Waals surface area contributed by atoms with Gasteiger partial charge in [0.05, 0.1) is 6.61 Å². The maximum atomic E-state index is 12.3. The van der Waals surface area contributed by atoms with Crippen LogP contribution in [0.2, 0.25) is 0 Å². The fraction of sp³-hybridized carbons (Fsp3) is 0.867. The minimum absolute atomic E-state index is 0.0625. The van der Waals surface area contributed by atoms with Crippen molar-refractivity contribution >= 4 is 11.9 Å². The summed E-state index contributed by atoms with van der Waals surface area (Å²) in [5, 5.41) is 3.05. The molecule has 108 valence electrons. The summed E-state index contributed by atoms with van der Waals surface area (Å²) in [4.78, 5) is 24.5. The van der Waals surface area contributed by atoms with Crippen LogP contribution in [0.25, 0.3) is 0 Å². The quantitative estimate of drug-likeness (QED) is 0.796. The molecule has 0 aromatic rings. The van der Waals surface area contributed by atoms with Gasteiger partial charge in [-0.15, -0.1) is 0 Å². The van der Waals surface area contributed by atoms with Gasteiger partial charge in [0.15, 0.2) is 0 Å². The topological polar surface area (TPSA) is 55.4 Å². The van der Waals surface area contributed by atoms with Crippen LogP contribution in [-0.4, -0.2) is 24.0 Å². The number of nitrogens with one attached hydrogen (secondary N) is 1. The highest BCUT2D eigenvalue weighted by Gasteiger charge is 2.43. The van der Waals surface area contributed by atoms with Gasteiger partial charge in [-0.05, 0) is 32.6 Å². The zero-order valence-corrected chi connectivity index (χ0v) is 11.9. The predicted molar refractivity (Wildman–Crippen MR) is 72.5 cm³/mol. The third-order valence-corrected chi connectivity index (χ3v) is 4.46. The summed E-state index contributed by atoms with van der Waals surface area (Å²) in [7, 11) is 0. The van der Waals surface area contributed by atoms with Gasteiger partial charge in [-0.25, -0.2) is 4.79 Å².